The minimum absolute atomic E-state index is 0.0467. The summed E-state index contributed by atoms with van der Waals surface area (Å²) < 4.78 is 12.0. The van der Waals surface area contributed by atoms with E-state index in [9.17, 15) is 10.1 Å². The summed E-state index contributed by atoms with van der Waals surface area (Å²) in [6, 6.07) is 16.3. The molecule has 2 aromatic rings. The lowest BCUT2D eigenvalue weighted by Gasteiger charge is -2.13. The molecule has 25 heavy (non-hydrogen) atoms. The van der Waals surface area contributed by atoms with Crippen molar-refractivity contribution in [3.05, 3.63) is 75.8 Å². The first kappa shape index (κ1) is 15.8. The van der Waals surface area contributed by atoms with Gasteiger partial charge in [0.25, 0.3) is 5.69 Å². The monoisotopic (exact) mass is 338 g/mol. The molecule has 0 radical (unpaired) electrons. The fourth-order valence-corrected chi connectivity index (χ4v) is 3.19. The van der Waals surface area contributed by atoms with Crippen molar-refractivity contribution in [3.63, 3.8) is 0 Å². The number of nitrogens with zero attached hydrogens (tertiary/aromatic N) is 2. The normalized spacial score (nSPS) is 26.6. The Labute approximate surface area is 145 Å². The van der Waals surface area contributed by atoms with Crippen LogP contribution in [0.4, 0.5) is 5.69 Å². The molecule has 6 heteroatoms. The summed E-state index contributed by atoms with van der Waals surface area (Å²) in [7, 11) is 0. The summed E-state index contributed by atoms with van der Waals surface area (Å²) >= 11 is 0. The van der Waals surface area contributed by atoms with Crippen LogP contribution in [0.15, 0.2) is 59.6 Å². The van der Waals surface area contributed by atoms with Crippen LogP contribution in [0.25, 0.3) is 0 Å². The van der Waals surface area contributed by atoms with Gasteiger partial charge in [-0.25, -0.2) is 4.99 Å². The molecule has 0 bridgehead atoms. The predicted octanol–water partition coefficient (Wildman–Crippen LogP) is 3.77. The van der Waals surface area contributed by atoms with E-state index in [0.29, 0.717) is 12.5 Å². The summed E-state index contributed by atoms with van der Waals surface area (Å²) in [5.41, 5.74) is 0.756. The molecule has 2 unspecified atom stereocenters. The molecular formula is C19H18N2O4. The van der Waals surface area contributed by atoms with Gasteiger partial charge in [0.15, 0.2) is 5.60 Å². The maximum Gasteiger partial charge on any atom is 0.269 e. The van der Waals surface area contributed by atoms with Crippen LogP contribution in [0, 0.1) is 10.1 Å². The summed E-state index contributed by atoms with van der Waals surface area (Å²) in [6.07, 6.45) is -0.220. The quantitative estimate of drug-likeness (QED) is 0.483. The van der Waals surface area contributed by atoms with E-state index in [-0.39, 0.29) is 17.3 Å². The number of aliphatic imine (C=N–C) groups is 1. The minimum atomic E-state index is -0.815. The van der Waals surface area contributed by atoms with E-state index in [1.807, 2.05) is 44.2 Å². The standard InChI is InChI=1S/C19H18N2O4/c1-18(2)12-24-17(20-18)19(14-8-10-15(11-9-14)21(22)23)16(25-19)13-6-4-3-5-7-13/h3-11,16H,12H2,1-2H3. The van der Waals surface area contributed by atoms with Gasteiger partial charge in [0.1, 0.15) is 12.7 Å². The molecule has 2 aromatic carbocycles. The average Bonchev–Trinajstić information content (AvgIpc) is 3.26. The van der Waals surface area contributed by atoms with Crippen molar-refractivity contribution < 1.29 is 14.4 Å². The summed E-state index contributed by atoms with van der Waals surface area (Å²) in [4.78, 5) is 15.2. The van der Waals surface area contributed by atoms with Gasteiger partial charge in [-0.15, -0.1) is 0 Å². The third-order valence-electron chi connectivity index (χ3n) is 4.51. The number of nitro benzene ring substituents is 1. The second-order valence-electron chi connectivity index (χ2n) is 6.97. The van der Waals surface area contributed by atoms with Crippen LogP contribution < -0.4 is 0 Å². The highest BCUT2D eigenvalue weighted by Gasteiger charge is 2.65. The second kappa shape index (κ2) is 5.39. The molecule has 0 spiro atoms. The van der Waals surface area contributed by atoms with Crippen molar-refractivity contribution in [1.82, 2.24) is 0 Å². The van der Waals surface area contributed by atoms with Gasteiger partial charge in [0, 0.05) is 12.1 Å². The molecule has 0 aromatic heterocycles. The van der Waals surface area contributed by atoms with Crippen molar-refractivity contribution in [3.8, 4) is 0 Å². The molecule has 0 aliphatic carbocycles. The van der Waals surface area contributed by atoms with Crippen molar-refractivity contribution in [1.29, 1.82) is 0 Å². The number of nitro groups is 1. The van der Waals surface area contributed by atoms with E-state index in [0.717, 1.165) is 11.1 Å². The highest BCUT2D eigenvalue weighted by atomic mass is 16.6. The third kappa shape index (κ3) is 2.59. The molecule has 128 valence electrons. The van der Waals surface area contributed by atoms with E-state index < -0.39 is 10.5 Å². The summed E-state index contributed by atoms with van der Waals surface area (Å²) in [6.45, 7) is 4.49. The zero-order chi connectivity index (χ0) is 17.7. The number of hydrogen-bond donors (Lipinski definition) is 0. The second-order valence-corrected chi connectivity index (χ2v) is 6.97. The fourth-order valence-electron chi connectivity index (χ4n) is 3.19. The van der Waals surface area contributed by atoms with Crippen LogP contribution >= 0.6 is 0 Å². The summed E-state index contributed by atoms with van der Waals surface area (Å²) in [5.74, 6) is 0.542. The topological polar surface area (TPSA) is 77.3 Å². The zero-order valence-electron chi connectivity index (χ0n) is 14.0. The Morgan fingerprint density at radius 1 is 1.12 bits per heavy atom. The Morgan fingerprint density at radius 3 is 2.36 bits per heavy atom. The third-order valence-corrected chi connectivity index (χ3v) is 4.51. The summed E-state index contributed by atoms with van der Waals surface area (Å²) in [5, 5.41) is 10.9. The van der Waals surface area contributed by atoms with E-state index in [1.165, 1.54) is 12.1 Å². The van der Waals surface area contributed by atoms with Gasteiger partial charge in [0.05, 0.1) is 10.5 Å². The van der Waals surface area contributed by atoms with Gasteiger partial charge >= 0.3 is 0 Å². The molecule has 2 aliphatic heterocycles. The zero-order valence-corrected chi connectivity index (χ0v) is 14.0. The van der Waals surface area contributed by atoms with Crippen LogP contribution in [0.1, 0.15) is 31.1 Å². The number of rotatable bonds is 4. The number of benzene rings is 2. The molecule has 6 nitrogen and oxygen atoms in total. The van der Waals surface area contributed by atoms with E-state index in [2.05, 4.69) is 0 Å². The molecule has 1 saturated heterocycles. The Morgan fingerprint density at radius 2 is 1.80 bits per heavy atom. The van der Waals surface area contributed by atoms with E-state index >= 15 is 0 Å². The predicted molar refractivity (Wildman–Crippen MR) is 92.5 cm³/mol. The van der Waals surface area contributed by atoms with E-state index in [4.69, 9.17) is 14.5 Å². The van der Waals surface area contributed by atoms with Crippen molar-refractivity contribution in [2.75, 3.05) is 6.61 Å². The molecule has 4 rings (SSSR count). The first-order chi connectivity index (χ1) is 11.9. The van der Waals surface area contributed by atoms with E-state index in [1.54, 1.807) is 12.1 Å². The molecule has 2 aliphatic rings. The van der Waals surface area contributed by atoms with Crippen LogP contribution in [0.3, 0.4) is 0 Å². The first-order valence-electron chi connectivity index (χ1n) is 8.13. The van der Waals surface area contributed by atoms with Gasteiger partial charge in [0.2, 0.25) is 5.90 Å². The minimum Gasteiger partial charge on any atom is -0.476 e. The lowest BCUT2D eigenvalue weighted by atomic mass is 9.91. The molecule has 0 amide bonds. The molecule has 0 saturated carbocycles. The Balaban J connectivity index is 1.77. The molecule has 2 heterocycles. The molecule has 1 fully saturated rings. The van der Waals surface area contributed by atoms with Crippen molar-refractivity contribution in [2.24, 2.45) is 4.99 Å². The van der Waals surface area contributed by atoms with Gasteiger partial charge in [-0.1, -0.05) is 30.3 Å². The first-order valence-corrected chi connectivity index (χ1v) is 8.13. The fraction of sp³-hybridized carbons (Fsp3) is 0.316. The van der Waals surface area contributed by atoms with Gasteiger partial charge in [-0.2, -0.15) is 0 Å². The van der Waals surface area contributed by atoms with Crippen LogP contribution in [-0.2, 0) is 15.1 Å². The molecular weight excluding hydrogens is 320 g/mol. The van der Waals surface area contributed by atoms with Crippen LogP contribution in [-0.4, -0.2) is 23.0 Å². The Bertz CT molecular complexity index is 845. The average molecular weight is 338 g/mol. The maximum absolute atomic E-state index is 10.9. The lowest BCUT2D eigenvalue weighted by Crippen LogP contribution is -2.23. The maximum atomic E-state index is 10.9. The largest absolute Gasteiger partial charge is 0.476 e. The molecule has 0 N–H and O–H groups in total. The lowest BCUT2D eigenvalue weighted by molar-refractivity contribution is -0.384. The highest BCUT2D eigenvalue weighted by molar-refractivity contribution is 5.92. The molecule has 2 atom stereocenters. The Hall–Kier alpha value is -2.73. The number of hydrogen-bond acceptors (Lipinski definition) is 5. The van der Waals surface area contributed by atoms with Gasteiger partial charge in [-0.05, 0) is 37.1 Å². The van der Waals surface area contributed by atoms with Crippen molar-refractivity contribution in [2.45, 2.75) is 31.1 Å². The van der Waals surface area contributed by atoms with Gasteiger partial charge < -0.3 is 9.47 Å². The van der Waals surface area contributed by atoms with Crippen molar-refractivity contribution >= 4 is 11.6 Å². The van der Waals surface area contributed by atoms with Crippen LogP contribution in [0.5, 0.6) is 0 Å². The van der Waals surface area contributed by atoms with Crippen LogP contribution in [0.2, 0.25) is 0 Å². The smallest absolute Gasteiger partial charge is 0.269 e. The number of non-ortho nitro benzene ring substituents is 1. The highest BCUT2D eigenvalue weighted by Crippen LogP contribution is 2.59. The SMILES string of the molecule is CC1(C)COC(C2(c3ccc([N+](=O)[O-])cc3)OC2c2ccccc2)=N1. The number of ether oxygens (including phenoxy) is 2. The number of epoxide rings is 1. The Kier molecular flexibility index (Phi) is 3.40. The van der Waals surface area contributed by atoms with Gasteiger partial charge in [-0.3, -0.25) is 10.1 Å².